The van der Waals surface area contributed by atoms with E-state index in [9.17, 15) is 0 Å². The smallest absolute Gasteiger partial charge is 0.125 e. The summed E-state index contributed by atoms with van der Waals surface area (Å²) < 4.78 is 0. The second-order valence-electron chi connectivity index (χ2n) is 8.37. The zero-order chi connectivity index (χ0) is 24.1. The van der Waals surface area contributed by atoms with Crippen molar-refractivity contribution in [3.05, 3.63) is 106 Å². The van der Waals surface area contributed by atoms with Crippen molar-refractivity contribution in [2.75, 3.05) is 16.8 Å². The van der Waals surface area contributed by atoms with Crippen LogP contribution in [0.1, 0.15) is 37.4 Å². The first kappa shape index (κ1) is 23.9. The molecule has 0 saturated carbocycles. The average Bonchev–Trinajstić information content (AvgIpc) is 2.83. The van der Waals surface area contributed by atoms with E-state index < -0.39 is 5.54 Å². The van der Waals surface area contributed by atoms with E-state index in [0.29, 0.717) is 21.6 Å². The van der Waals surface area contributed by atoms with Crippen molar-refractivity contribution in [1.29, 1.82) is 0 Å². The summed E-state index contributed by atoms with van der Waals surface area (Å²) in [7, 11) is 0. The first-order valence-corrected chi connectivity index (χ1v) is 12.1. The van der Waals surface area contributed by atoms with Gasteiger partial charge in [-0.25, -0.2) is 4.98 Å². The number of hydrogen-bond acceptors (Lipinski definition) is 4. The molecule has 0 aliphatic rings. The van der Waals surface area contributed by atoms with E-state index in [2.05, 4.69) is 12.2 Å². The van der Waals surface area contributed by atoms with Crippen molar-refractivity contribution in [2.45, 2.75) is 31.7 Å². The Labute approximate surface area is 210 Å². The van der Waals surface area contributed by atoms with Gasteiger partial charge in [0.05, 0.1) is 5.69 Å². The highest BCUT2D eigenvalue weighted by Gasteiger charge is 2.38. The molecule has 4 aromatic rings. The van der Waals surface area contributed by atoms with Crippen LogP contribution < -0.4 is 16.8 Å². The number of aromatic nitrogens is 1. The number of nitrogens with one attached hydrogen (secondary N) is 1. The summed E-state index contributed by atoms with van der Waals surface area (Å²) in [5, 5.41) is 5.14. The topological polar surface area (TPSA) is 77.0 Å². The number of para-hydroxylation sites is 1. The monoisotopic (exact) mass is 490 g/mol. The number of hydrogen-bond donors (Lipinski definition) is 3. The Hall–Kier alpha value is -3.21. The van der Waals surface area contributed by atoms with Crippen molar-refractivity contribution in [2.24, 2.45) is 0 Å². The van der Waals surface area contributed by atoms with Crippen LogP contribution in [0.3, 0.4) is 0 Å². The molecule has 174 valence electrons. The molecule has 4 rings (SSSR count). The summed E-state index contributed by atoms with van der Waals surface area (Å²) in [5.41, 5.74) is 17.3. The van der Waals surface area contributed by atoms with Gasteiger partial charge in [0.1, 0.15) is 11.4 Å². The van der Waals surface area contributed by atoms with Crippen LogP contribution in [0.5, 0.6) is 0 Å². The maximum atomic E-state index is 6.61. The molecule has 1 aromatic heterocycles. The number of nitrogens with zero attached hydrogens (tertiary/aromatic N) is 1. The lowest BCUT2D eigenvalue weighted by Gasteiger charge is -2.38. The summed E-state index contributed by atoms with van der Waals surface area (Å²) >= 11 is 12.5. The number of pyridine rings is 1. The fraction of sp³-hybridized carbons (Fsp3) is 0.179. The quantitative estimate of drug-likeness (QED) is 0.235. The molecule has 1 heterocycles. The summed E-state index contributed by atoms with van der Waals surface area (Å²) in [5.74, 6) is 0.370. The molecule has 3 aromatic carbocycles. The van der Waals surface area contributed by atoms with Gasteiger partial charge in [-0.3, -0.25) is 0 Å². The Bertz CT molecular complexity index is 1240. The van der Waals surface area contributed by atoms with Crippen LogP contribution in [0.25, 0.3) is 11.1 Å². The van der Waals surface area contributed by atoms with Crippen LogP contribution in [-0.2, 0) is 5.54 Å². The number of rotatable bonds is 8. The Morgan fingerprint density at radius 3 is 2.09 bits per heavy atom. The van der Waals surface area contributed by atoms with Gasteiger partial charge in [-0.1, -0.05) is 85.4 Å². The Morgan fingerprint density at radius 2 is 1.47 bits per heavy atom. The third-order valence-electron chi connectivity index (χ3n) is 5.98. The minimum atomic E-state index is -0.708. The summed E-state index contributed by atoms with van der Waals surface area (Å²) in [6.07, 6.45) is 2.75. The minimum absolute atomic E-state index is 0.370. The van der Waals surface area contributed by atoms with Crippen molar-refractivity contribution in [1.82, 2.24) is 4.98 Å². The Balaban J connectivity index is 2.05. The molecule has 5 N–H and O–H groups in total. The zero-order valence-corrected chi connectivity index (χ0v) is 20.6. The lowest BCUT2D eigenvalue weighted by atomic mass is 9.78. The molecule has 0 amide bonds. The van der Waals surface area contributed by atoms with Gasteiger partial charge in [0, 0.05) is 33.0 Å². The van der Waals surface area contributed by atoms with E-state index in [1.54, 1.807) is 6.07 Å². The van der Waals surface area contributed by atoms with Gasteiger partial charge >= 0.3 is 0 Å². The highest BCUT2D eigenvalue weighted by Crippen LogP contribution is 2.44. The predicted octanol–water partition coefficient (Wildman–Crippen LogP) is 7.77. The average molecular weight is 491 g/mol. The van der Waals surface area contributed by atoms with E-state index >= 15 is 0 Å². The van der Waals surface area contributed by atoms with Crippen LogP contribution in [-0.4, -0.2) is 4.98 Å². The van der Waals surface area contributed by atoms with Gasteiger partial charge in [0.15, 0.2) is 0 Å². The fourth-order valence-electron chi connectivity index (χ4n) is 4.35. The van der Waals surface area contributed by atoms with Crippen molar-refractivity contribution in [3.8, 4) is 11.1 Å². The Kier molecular flexibility index (Phi) is 7.30. The molecule has 1 atom stereocenters. The lowest BCUT2D eigenvalue weighted by molar-refractivity contribution is 0.496. The normalized spacial score (nSPS) is 12.8. The van der Waals surface area contributed by atoms with Gasteiger partial charge in [0.2, 0.25) is 0 Å². The number of nitrogen functional groups attached to an aromatic ring is 2. The molecular formula is C28H28Cl2N4. The van der Waals surface area contributed by atoms with Crippen molar-refractivity contribution >= 4 is 40.4 Å². The van der Waals surface area contributed by atoms with Gasteiger partial charge in [-0.2, -0.15) is 0 Å². The van der Waals surface area contributed by atoms with Crippen LogP contribution >= 0.6 is 23.2 Å². The van der Waals surface area contributed by atoms with E-state index in [0.717, 1.165) is 47.3 Å². The summed E-state index contributed by atoms with van der Waals surface area (Å²) in [6.45, 7) is 2.18. The highest BCUT2D eigenvalue weighted by atomic mass is 35.5. The molecule has 4 nitrogen and oxygen atoms in total. The van der Waals surface area contributed by atoms with Crippen LogP contribution in [0.15, 0.2) is 84.9 Å². The van der Waals surface area contributed by atoms with Crippen LogP contribution in [0, 0.1) is 0 Å². The van der Waals surface area contributed by atoms with Crippen LogP contribution in [0.2, 0.25) is 10.0 Å². The van der Waals surface area contributed by atoms with E-state index in [1.165, 1.54) is 0 Å². The van der Waals surface area contributed by atoms with E-state index in [4.69, 9.17) is 39.7 Å². The predicted molar refractivity (Wildman–Crippen MR) is 145 cm³/mol. The minimum Gasteiger partial charge on any atom is -0.398 e. The van der Waals surface area contributed by atoms with Gasteiger partial charge in [0.25, 0.3) is 0 Å². The number of nitrogens with two attached hydrogens (primary N) is 2. The highest BCUT2D eigenvalue weighted by molar-refractivity contribution is 6.30. The van der Waals surface area contributed by atoms with Crippen LogP contribution in [0.4, 0.5) is 17.2 Å². The molecule has 0 fully saturated rings. The SMILES string of the molecule is CCCCC(Nc1ccccc1)(c1ccc(Cl)cc1)c1nc(N)cc(N)c1-c1ccc(Cl)cc1. The van der Waals surface area contributed by atoms with E-state index in [-0.39, 0.29) is 0 Å². The van der Waals surface area contributed by atoms with Gasteiger partial charge < -0.3 is 16.8 Å². The molecular weight excluding hydrogens is 463 g/mol. The summed E-state index contributed by atoms with van der Waals surface area (Å²) in [6, 6.07) is 27.4. The maximum Gasteiger partial charge on any atom is 0.125 e. The molecule has 34 heavy (non-hydrogen) atoms. The molecule has 0 radical (unpaired) electrons. The zero-order valence-electron chi connectivity index (χ0n) is 19.1. The molecule has 0 aliphatic heterocycles. The number of unbranched alkanes of at least 4 members (excludes halogenated alkanes) is 1. The lowest BCUT2D eigenvalue weighted by Crippen LogP contribution is -2.38. The van der Waals surface area contributed by atoms with Crippen molar-refractivity contribution in [3.63, 3.8) is 0 Å². The first-order chi connectivity index (χ1) is 16.4. The number of benzene rings is 3. The molecule has 0 saturated heterocycles. The van der Waals surface area contributed by atoms with Crippen molar-refractivity contribution < 1.29 is 0 Å². The maximum absolute atomic E-state index is 6.61. The third-order valence-corrected chi connectivity index (χ3v) is 6.48. The van der Waals surface area contributed by atoms with Gasteiger partial charge in [-0.05, 0) is 53.9 Å². The molecule has 6 heteroatoms. The van der Waals surface area contributed by atoms with E-state index in [1.807, 2.05) is 78.9 Å². The summed E-state index contributed by atoms with van der Waals surface area (Å²) in [4.78, 5) is 4.92. The number of anilines is 3. The van der Waals surface area contributed by atoms with Gasteiger partial charge in [-0.15, -0.1) is 0 Å². The molecule has 0 bridgehead atoms. The standard InChI is InChI=1S/C28H28Cl2N4/c1-2-3-17-28(20-11-15-22(30)16-12-20,34-23-7-5-4-6-8-23)27-26(24(31)18-25(32)33-27)19-9-13-21(29)14-10-19/h4-16,18,34H,2-3,17H2,1H3,(H4,31,32,33). The second-order valence-corrected chi connectivity index (χ2v) is 9.25. The molecule has 0 aliphatic carbocycles. The largest absolute Gasteiger partial charge is 0.398 e. The Morgan fingerprint density at radius 1 is 0.853 bits per heavy atom. The first-order valence-electron chi connectivity index (χ1n) is 11.3. The third kappa shape index (κ3) is 4.98. The number of halogens is 2. The molecule has 0 spiro atoms. The molecule has 1 unspecified atom stereocenters. The second kappa shape index (κ2) is 10.4. The fourth-order valence-corrected chi connectivity index (χ4v) is 4.60.